The van der Waals surface area contributed by atoms with Gasteiger partial charge in [-0.05, 0) is 25.5 Å². The Bertz CT molecular complexity index is 562. The van der Waals surface area contributed by atoms with Gasteiger partial charge in [-0.15, -0.1) is 0 Å². The molecule has 1 aliphatic rings. The van der Waals surface area contributed by atoms with Gasteiger partial charge in [0.1, 0.15) is 0 Å². The number of hydrogen-bond acceptors (Lipinski definition) is 4. The highest BCUT2D eigenvalue weighted by atomic mass is 32.2. The number of hydrogen-bond donors (Lipinski definition) is 1. The fraction of sp³-hybridized carbons (Fsp3) is 0.538. The second kappa shape index (κ2) is 6.05. The lowest BCUT2D eigenvalue weighted by Crippen LogP contribution is -2.22. The van der Waals surface area contributed by atoms with Crippen LogP contribution >= 0.6 is 0 Å². The standard InChI is InChI=1S/C13H17F2NO3S/c1-9-10(6-7-19-9)8-16-11-4-2-3-5-12(11)20(17,18)13(14)15/h2-5,9-10,13,16H,6-8H2,1H3. The van der Waals surface area contributed by atoms with Crippen molar-refractivity contribution in [2.75, 3.05) is 18.5 Å². The highest BCUT2D eigenvalue weighted by Gasteiger charge is 2.30. The molecular weight excluding hydrogens is 288 g/mol. The minimum atomic E-state index is -4.59. The maximum absolute atomic E-state index is 12.6. The first-order valence-corrected chi connectivity index (χ1v) is 7.94. The Labute approximate surface area is 117 Å². The number of halogens is 2. The summed E-state index contributed by atoms with van der Waals surface area (Å²) in [5.41, 5.74) is 0.215. The SMILES string of the molecule is CC1OCCC1CNc1ccccc1S(=O)(=O)C(F)F. The summed E-state index contributed by atoms with van der Waals surface area (Å²) in [4.78, 5) is -0.360. The van der Waals surface area contributed by atoms with Crippen molar-refractivity contribution in [3.8, 4) is 0 Å². The molecule has 0 radical (unpaired) electrons. The zero-order valence-corrected chi connectivity index (χ0v) is 11.9. The average Bonchev–Trinajstić information content (AvgIpc) is 2.82. The number of sulfone groups is 1. The number of rotatable bonds is 5. The van der Waals surface area contributed by atoms with Crippen molar-refractivity contribution in [2.45, 2.75) is 30.1 Å². The molecule has 1 aliphatic heterocycles. The van der Waals surface area contributed by atoms with Crippen LogP contribution in [0.25, 0.3) is 0 Å². The van der Waals surface area contributed by atoms with Crippen LogP contribution in [0.3, 0.4) is 0 Å². The summed E-state index contributed by atoms with van der Waals surface area (Å²) in [6.07, 6.45) is 0.958. The zero-order valence-electron chi connectivity index (χ0n) is 11.1. The quantitative estimate of drug-likeness (QED) is 0.908. The van der Waals surface area contributed by atoms with Gasteiger partial charge >= 0.3 is 5.76 Å². The van der Waals surface area contributed by atoms with Crippen LogP contribution in [0.2, 0.25) is 0 Å². The van der Waals surface area contributed by atoms with Crippen LogP contribution in [0.4, 0.5) is 14.5 Å². The molecular formula is C13H17F2NO3S. The second-order valence-corrected chi connectivity index (χ2v) is 6.69. The van der Waals surface area contributed by atoms with E-state index in [1.165, 1.54) is 18.2 Å². The summed E-state index contributed by atoms with van der Waals surface area (Å²) in [5.74, 6) is -3.17. The van der Waals surface area contributed by atoms with Crippen LogP contribution in [0, 0.1) is 5.92 Å². The minimum absolute atomic E-state index is 0.0846. The van der Waals surface area contributed by atoms with Gasteiger partial charge < -0.3 is 10.1 Å². The third-order valence-electron chi connectivity index (χ3n) is 3.52. The molecule has 1 aromatic carbocycles. The Morgan fingerprint density at radius 3 is 2.70 bits per heavy atom. The molecule has 0 spiro atoms. The molecule has 4 nitrogen and oxygen atoms in total. The fourth-order valence-corrected chi connectivity index (χ4v) is 3.15. The van der Waals surface area contributed by atoms with Crippen LogP contribution in [-0.4, -0.2) is 33.4 Å². The molecule has 0 aliphatic carbocycles. The lowest BCUT2D eigenvalue weighted by Gasteiger charge is -2.17. The van der Waals surface area contributed by atoms with Gasteiger partial charge in [0.15, 0.2) is 0 Å². The van der Waals surface area contributed by atoms with E-state index in [1.54, 1.807) is 6.07 Å². The first kappa shape index (κ1) is 15.2. The van der Waals surface area contributed by atoms with Crippen LogP contribution in [0.1, 0.15) is 13.3 Å². The van der Waals surface area contributed by atoms with E-state index in [2.05, 4.69) is 5.32 Å². The maximum Gasteiger partial charge on any atom is 0.341 e. The maximum atomic E-state index is 12.6. The molecule has 2 atom stereocenters. The van der Waals surface area contributed by atoms with Gasteiger partial charge in [-0.2, -0.15) is 8.78 Å². The van der Waals surface area contributed by atoms with Gasteiger partial charge in [0, 0.05) is 19.1 Å². The lowest BCUT2D eigenvalue weighted by molar-refractivity contribution is 0.108. The van der Waals surface area contributed by atoms with E-state index in [1.807, 2.05) is 6.92 Å². The third-order valence-corrected chi connectivity index (χ3v) is 4.95. The summed E-state index contributed by atoms with van der Waals surface area (Å²) < 4.78 is 53.9. The number of para-hydroxylation sites is 1. The third kappa shape index (κ3) is 3.09. The molecule has 1 heterocycles. The van der Waals surface area contributed by atoms with Crippen molar-refractivity contribution in [3.63, 3.8) is 0 Å². The van der Waals surface area contributed by atoms with E-state index in [-0.39, 0.29) is 22.6 Å². The zero-order chi connectivity index (χ0) is 14.8. The Morgan fingerprint density at radius 1 is 1.40 bits per heavy atom. The van der Waals surface area contributed by atoms with Crippen molar-refractivity contribution >= 4 is 15.5 Å². The highest BCUT2D eigenvalue weighted by Crippen LogP contribution is 2.27. The lowest BCUT2D eigenvalue weighted by atomic mass is 10.0. The molecule has 1 fully saturated rings. The first-order chi connectivity index (χ1) is 9.43. The summed E-state index contributed by atoms with van der Waals surface area (Å²) in [6, 6.07) is 5.73. The van der Waals surface area contributed by atoms with Crippen LogP contribution in [0.5, 0.6) is 0 Å². The molecule has 0 saturated carbocycles. The molecule has 20 heavy (non-hydrogen) atoms. The predicted molar refractivity (Wildman–Crippen MR) is 71.6 cm³/mol. The van der Waals surface area contributed by atoms with E-state index in [4.69, 9.17) is 4.74 Å². The van der Waals surface area contributed by atoms with E-state index >= 15 is 0 Å². The Hall–Kier alpha value is -1.21. The topological polar surface area (TPSA) is 55.4 Å². The second-order valence-electron chi connectivity index (χ2n) is 4.81. The molecule has 1 N–H and O–H groups in total. The number of nitrogens with one attached hydrogen (secondary N) is 1. The largest absolute Gasteiger partial charge is 0.384 e. The first-order valence-electron chi connectivity index (χ1n) is 6.39. The summed E-state index contributed by atoms with van der Waals surface area (Å²) in [6.45, 7) is 3.11. The summed E-state index contributed by atoms with van der Waals surface area (Å²) in [5, 5.41) is 2.95. The van der Waals surface area contributed by atoms with Crippen LogP contribution in [-0.2, 0) is 14.6 Å². The van der Waals surface area contributed by atoms with E-state index in [0.717, 1.165) is 6.42 Å². The molecule has 2 rings (SSSR count). The van der Waals surface area contributed by atoms with E-state index in [0.29, 0.717) is 13.2 Å². The molecule has 7 heteroatoms. The molecule has 112 valence electrons. The van der Waals surface area contributed by atoms with Crippen molar-refractivity contribution in [1.29, 1.82) is 0 Å². The highest BCUT2D eigenvalue weighted by molar-refractivity contribution is 7.91. The van der Waals surface area contributed by atoms with Crippen molar-refractivity contribution < 1.29 is 21.9 Å². The normalized spacial score (nSPS) is 23.2. The fourth-order valence-electron chi connectivity index (χ4n) is 2.24. The van der Waals surface area contributed by atoms with Gasteiger partial charge in [-0.25, -0.2) is 8.42 Å². The van der Waals surface area contributed by atoms with Crippen molar-refractivity contribution in [3.05, 3.63) is 24.3 Å². The molecule has 0 amide bonds. The average molecular weight is 305 g/mol. The molecule has 0 bridgehead atoms. The Balaban J connectivity index is 2.16. The van der Waals surface area contributed by atoms with E-state index < -0.39 is 15.6 Å². The van der Waals surface area contributed by atoms with Gasteiger partial charge in [-0.1, -0.05) is 12.1 Å². The van der Waals surface area contributed by atoms with Crippen LogP contribution in [0.15, 0.2) is 29.2 Å². The molecule has 0 aromatic heterocycles. The predicted octanol–water partition coefficient (Wildman–Crippen LogP) is 2.52. The van der Waals surface area contributed by atoms with Gasteiger partial charge in [0.2, 0.25) is 9.84 Å². The van der Waals surface area contributed by atoms with Gasteiger partial charge in [-0.3, -0.25) is 0 Å². The van der Waals surface area contributed by atoms with E-state index in [9.17, 15) is 17.2 Å². The monoisotopic (exact) mass is 305 g/mol. The van der Waals surface area contributed by atoms with Crippen molar-refractivity contribution in [1.82, 2.24) is 0 Å². The van der Waals surface area contributed by atoms with Crippen molar-refractivity contribution in [2.24, 2.45) is 5.92 Å². The number of benzene rings is 1. The smallest absolute Gasteiger partial charge is 0.341 e. The van der Waals surface area contributed by atoms with Gasteiger partial charge in [0.05, 0.1) is 16.7 Å². The molecule has 1 aromatic rings. The van der Waals surface area contributed by atoms with Crippen LogP contribution < -0.4 is 5.32 Å². The molecule has 2 unspecified atom stereocenters. The number of anilines is 1. The number of alkyl halides is 2. The van der Waals surface area contributed by atoms with Gasteiger partial charge in [0.25, 0.3) is 0 Å². The summed E-state index contributed by atoms with van der Waals surface area (Å²) in [7, 11) is -4.59. The Morgan fingerprint density at radius 2 is 2.10 bits per heavy atom. The summed E-state index contributed by atoms with van der Waals surface area (Å²) >= 11 is 0. The molecule has 1 saturated heterocycles. The number of ether oxygens (including phenoxy) is 1. The minimum Gasteiger partial charge on any atom is -0.384 e. The Kier molecular flexibility index (Phi) is 4.59.